The summed E-state index contributed by atoms with van der Waals surface area (Å²) >= 11 is 2.97. The van der Waals surface area contributed by atoms with Crippen molar-refractivity contribution in [2.75, 3.05) is 5.32 Å². The fourth-order valence-corrected chi connectivity index (χ4v) is 3.64. The number of hydrogen-bond acceptors (Lipinski definition) is 5. The number of nitrogens with one attached hydrogen (secondary N) is 1. The van der Waals surface area contributed by atoms with Gasteiger partial charge in [0.15, 0.2) is 10.1 Å². The molecule has 0 saturated heterocycles. The minimum Gasteiger partial charge on any atom is -0.325 e. The van der Waals surface area contributed by atoms with Gasteiger partial charge in [0, 0.05) is 22.3 Å². The van der Waals surface area contributed by atoms with E-state index in [4.69, 9.17) is 0 Å². The Labute approximate surface area is 132 Å². The molecule has 21 heavy (non-hydrogen) atoms. The third-order valence-corrected chi connectivity index (χ3v) is 4.97. The third-order valence-electron chi connectivity index (χ3n) is 2.78. The van der Waals surface area contributed by atoms with Crippen LogP contribution in [0.1, 0.15) is 29.9 Å². The molecule has 0 saturated carbocycles. The number of ketones is 1. The van der Waals surface area contributed by atoms with Gasteiger partial charge in [0.05, 0.1) is 5.25 Å². The van der Waals surface area contributed by atoms with E-state index in [1.54, 1.807) is 24.3 Å². The normalized spacial score (nSPS) is 12.0. The summed E-state index contributed by atoms with van der Waals surface area (Å²) in [5.41, 5.74) is 2.18. The molecule has 0 bridgehead atoms. The summed E-state index contributed by atoms with van der Waals surface area (Å²) in [5, 5.41) is 4.54. The zero-order chi connectivity index (χ0) is 15.4. The fourth-order valence-electron chi connectivity index (χ4n) is 1.65. The Hall–Kier alpha value is -1.66. The highest BCUT2D eigenvalue weighted by atomic mass is 32.2. The van der Waals surface area contributed by atoms with E-state index in [0.29, 0.717) is 11.3 Å². The van der Waals surface area contributed by atoms with Gasteiger partial charge >= 0.3 is 0 Å². The smallest absolute Gasteiger partial charge is 0.237 e. The van der Waals surface area contributed by atoms with Crippen molar-refractivity contribution in [1.82, 2.24) is 4.98 Å². The van der Waals surface area contributed by atoms with E-state index in [-0.39, 0.29) is 16.9 Å². The zero-order valence-electron chi connectivity index (χ0n) is 12.0. The van der Waals surface area contributed by atoms with E-state index >= 15 is 0 Å². The van der Waals surface area contributed by atoms with Crippen LogP contribution in [0.3, 0.4) is 0 Å². The van der Waals surface area contributed by atoms with Gasteiger partial charge in [-0.1, -0.05) is 23.9 Å². The standard InChI is InChI=1S/C15H16N2O2S2/c1-9-8-20-15(16-9)21-11(3)14(19)17-13-6-4-5-12(7-13)10(2)18/h4-8,11H,1-3H3,(H,17,19)/t11-/m1/s1. The number of benzene rings is 1. The van der Waals surface area contributed by atoms with Gasteiger partial charge < -0.3 is 5.32 Å². The molecule has 1 aromatic heterocycles. The second-order valence-corrected chi connectivity index (χ2v) is 7.09. The van der Waals surface area contributed by atoms with Crippen molar-refractivity contribution < 1.29 is 9.59 Å². The highest BCUT2D eigenvalue weighted by molar-refractivity contribution is 8.02. The first-order valence-electron chi connectivity index (χ1n) is 6.46. The fraction of sp³-hybridized carbons (Fsp3) is 0.267. The first kappa shape index (κ1) is 15.7. The van der Waals surface area contributed by atoms with Crippen LogP contribution in [-0.4, -0.2) is 21.9 Å². The van der Waals surface area contributed by atoms with Crippen LogP contribution >= 0.6 is 23.1 Å². The molecule has 2 rings (SSSR count). The molecule has 0 aliphatic carbocycles. The van der Waals surface area contributed by atoms with Crippen LogP contribution < -0.4 is 5.32 Å². The van der Waals surface area contributed by atoms with Crippen molar-refractivity contribution in [3.8, 4) is 0 Å². The highest BCUT2D eigenvalue weighted by Crippen LogP contribution is 2.27. The van der Waals surface area contributed by atoms with Crippen LogP contribution in [-0.2, 0) is 4.79 Å². The van der Waals surface area contributed by atoms with Crippen molar-refractivity contribution in [3.05, 3.63) is 40.9 Å². The summed E-state index contributed by atoms with van der Waals surface area (Å²) in [5.74, 6) is -0.125. The molecule has 0 fully saturated rings. The SMILES string of the molecule is CC(=O)c1cccc(NC(=O)[C@@H](C)Sc2nc(C)cs2)c1. The number of nitrogens with zero attached hydrogens (tertiary/aromatic N) is 1. The van der Waals surface area contributed by atoms with Crippen molar-refractivity contribution >= 4 is 40.5 Å². The summed E-state index contributed by atoms with van der Waals surface area (Å²) in [6, 6.07) is 6.95. The van der Waals surface area contributed by atoms with Crippen molar-refractivity contribution in [1.29, 1.82) is 0 Å². The maximum absolute atomic E-state index is 12.2. The number of rotatable bonds is 5. The molecule has 1 heterocycles. The average Bonchev–Trinajstić information content (AvgIpc) is 2.84. The Balaban J connectivity index is 2.00. The van der Waals surface area contributed by atoms with E-state index in [0.717, 1.165) is 10.0 Å². The summed E-state index contributed by atoms with van der Waals surface area (Å²) < 4.78 is 0.882. The van der Waals surface area contributed by atoms with Crippen molar-refractivity contribution in [2.45, 2.75) is 30.4 Å². The molecule has 2 aromatic rings. The minimum atomic E-state index is -0.253. The van der Waals surface area contributed by atoms with E-state index in [2.05, 4.69) is 10.3 Å². The molecule has 1 atom stereocenters. The van der Waals surface area contributed by atoms with Crippen LogP contribution in [0.25, 0.3) is 0 Å². The topological polar surface area (TPSA) is 59.1 Å². The Bertz CT molecular complexity index is 667. The predicted molar refractivity (Wildman–Crippen MR) is 87.2 cm³/mol. The molecule has 0 unspecified atom stereocenters. The van der Waals surface area contributed by atoms with Crippen LogP contribution in [0.4, 0.5) is 5.69 Å². The van der Waals surface area contributed by atoms with Gasteiger partial charge in [-0.2, -0.15) is 0 Å². The number of amides is 1. The van der Waals surface area contributed by atoms with Gasteiger partial charge in [0.1, 0.15) is 0 Å². The number of carbonyl (C=O) groups is 2. The number of carbonyl (C=O) groups excluding carboxylic acids is 2. The lowest BCUT2D eigenvalue weighted by atomic mass is 10.1. The number of thiazole rings is 1. The Morgan fingerprint density at radius 3 is 2.76 bits per heavy atom. The molecule has 4 nitrogen and oxygen atoms in total. The minimum absolute atomic E-state index is 0.0215. The van der Waals surface area contributed by atoms with Gasteiger partial charge in [-0.15, -0.1) is 11.3 Å². The number of aromatic nitrogens is 1. The lowest BCUT2D eigenvalue weighted by Crippen LogP contribution is -2.22. The molecule has 1 N–H and O–H groups in total. The van der Waals surface area contributed by atoms with Gasteiger partial charge in [-0.3, -0.25) is 9.59 Å². The van der Waals surface area contributed by atoms with Crippen LogP contribution in [0, 0.1) is 6.92 Å². The Kier molecular flexibility index (Phi) is 5.14. The van der Waals surface area contributed by atoms with Gasteiger partial charge in [-0.25, -0.2) is 4.98 Å². The molecule has 0 spiro atoms. The third kappa shape index (κ3) is 4.41. The lowest BCUT2D eigenvalue weighted by molar-refractivity contribution is -0.115. The van der Waals surface area contributed by atoms with Gasteiger partial charge in [-0.05, 0) is 32.9 Å². The molecular formula is C15H16N2O2S2. The summed E-state index contributed by atoms with van der Waals surface area (Å²) in [7, 11) is 0. The molecule has 0 radical (unpaired) electrons. The van der Waals surface area contributed by atoms with Crippen molar-refractivity contribution in [2.24, 2.45) is 0 Å². The second-order valence-electron chi connectivity index (χ2n) is 4.64. The van der Waals surface area contributed by atoms with E-state index in [9.17, 15) is 9.59 Å². The number of anilines is 1. The van der Waals surface area contributed by atoms with Gasteiger partial charge in [0.2, 0.25) is 5.91 Å². The summed E-state index contributed by atoms with van der Waals surface area (Å²) in [4.78, 5) is 27.8. The first-order chi connectivity index (χ1) is 9.95. The summed E-state index contributed by atoms with van der Waals surface area (Å²) in [6.07, 6.45) is 0. The van der Waals surface area contributed by atoms with Crippen molar-refractivity contribution in [3.63, 3.8) is 0 Å². The number of aryl methyl sites for hydroxylation is 1. The number of thioether (sulfide) groups is 1. The Morgan fingerprint density at radius 1 is 1.38 bits per heavy atom. The second kappa shape index (κ2) is 6.87. The maximum atomic E-state index is 12.2. The quantitative estimate of drug-likeness (QED) is 0.673. The molecule has 6 heteroatoms. The predicted octanol–water partition coefficient (Wildman–Crippen LogP) is 3.77. The van der Waals surface area contributed by atoms with Crippen LogP contribution in [0.15, 0.2) is 34.0 Å². The van der Waals surface area contributed by atoms with E-state index < -0.39 is 0 Å². The molecule has 0 aliphatic rings. The van der Waals surface area contributed by atoms with E-state index in [1.165, 1.54) is 30.0 Å². The highest BCUT2D eigenvalue weighted by Gasteiger charge is 2.16. The van der Waals surface area contributed by atoms with Gasteiger partial charge in [0.25, 0.3) is 0 Å². The molecular weight excluding hydrogens is 304 g/mol. The van der Waals surface area contributed by atoms with E-state index in [1.807, 2.05) is 19.2 Å². The first-order valence-corrected chi connectivity index (χ1v) is 8.22. The zero-order valence-corrected chi connectivity index (χ0v) is 13.7. The Morgan fingerprint density at radius 2 is 2.14 bits per heavy atom. The number of hydrogen-bond donors (Lipinski definition) is 1. The largest absolute Gasteiger partial charge is 0.325 e. The average molecular weight is 320 g/mol. The molecule has 1 aromatic carbocycles. The summed E-state index contributed by atoms with van der Waals surface area (Å²) in [6.45, 7) is 5.27. The van der Waals surface area contributed by atoms with Crippen LogP contribution in [0.2, 0.25) is 0 Å². The molecule has 110 valence electrons. The maximum Gasteiger partial charge on any atom is 0.237 e. The number of Topliss-reactive ketones (excluding diaryl/α,β-unsaturated/α-hetero) is 1. The lowest BCUT2D eigenvalue weighted by Gasteiger charge is -2.11. The monoisotopic (exact) mass is 320 g/mol. The molecule has 0 aliphatic heterocycles. The molecule has 1 amide bonds. The van der Waals surface area contributed by atoms with Crippen LogP contribution in [0.5, 0.6) is 0 Å².